The molecule has 1 N–H and O–H groups in total. The number of hydrogen-bond donors (Lipinski definition) is 1. The van der Waals surface area contributed by atoms with Crippen LogP contribution in [-0.2, 0) is 11.2 Å². The normalized spacial score (nSPS) is 21.8. The minimum Gasteiger partial charge on any atom is -0.381 e. The summed E-state index contributed by atoms with van der Waals surface area (Å²) in [5.41, 5.74) is 1.15. The molecule has 0 aromatic heterocycles. The number of benzene rings is 1. The van der Waals surface area contributed by atoms with Crippen molar-refractivity contribution in [1.29, 1.82) is 0 Å². The molecule has 1 aliphatic heterocycles. The SMILES string of the molecule is CNC(Cc1ccc(F)c(Br)c1)C1CCCOC1. The number of ether oxygens (including phenoxy) is 1. The van der Waals surface area contributed by atoms with Gasteiger partial charge in [0.25, 0.3) is 0 Å². The Hall–Kier alpha value is -0.450. The van der Waals surface area contributed by atoms with Crippen molar-refractivity contribution in [1.82, 2.24) is 5.32 Å². The molecular weight excluding hydrogens is 297 g/mol. The summed E-state index contributed by atoms with van der Waals surface area (Å²) in [5.74, 6) is 0.341. The molecule has 2 atom stereocenters. The molecule has 18 heavy (non-hydrogen) atoms. The Morgan fingerprint density at radius 2 is 2.39 bits per heavy atom. The van der Waals surface area contributed by atoms with Crippen LogP contribution >= 0.6 is 15.9 Å². The Labute approximate surface area is 116 Å². The van der Waals surface area contributed by atoms with Crippen molar-refractivity contribution in [2.75, 3.05) is 20.3 Å². The summed E-state index contributed by atoms with van der Waals surface area (Å²) in [6.45, 7) is 1.71. The lowest BCUT2D eigenvalue weighted by molar-refractivity contribution is 0.0405. The van der Waals surface area contributed by atoms with Gasteiger partial charge >= 0.3 is 0 Å². The molecular formula is C14H19BrFNO. The molecule has 1 saturated heterocycles. The standard InChI is InChI=1S/C14H19BrFNO/c1-17-14(11-3-2-6-18-9-11)8-10-4-5-13(16)12(15)7-10/h4-5,7,11,14,17H,2-3,6,8-9H2,1H3. The zero-order valence-electron chi connectivity index (χ0n) is 10.6. The van der Waals surface area contributed by atoms with E-state index in [0.717, 1.165) is 31.6 Å². The van der Waals surface area contributed by atoms with E-state index in [4.69, 9.17) is 4.74 Å². The summed E-state index contributed by atoms with van der Waals surface area (Å²) in [5, 5.41) is 3.37. The molecule has 0 aliphatic carbocycles. The first-order valence-electron chi connectivity index (χ1n) is 6.39. The zero-order valence-corrected chi connectivity index (χ0v) is 12.2. The summed E-state index contributed by atoms with van der Waals surface area (Å²) < 4.78 is 19.3. The highest BCUT2D eigenvalue weighted by Gasteiger charge is 2.23. The average Bonchev–Trinajstić information content (AvgIpc) is 2.41. The van der Waals surface area contributed by atoms with E-state index in [-0.39, 0.29) is 5.82 Å². The Bertz CT molecular complexity index is 393. The van der Waals surface area contributed by atoms with Crippen LogP contribution in [0.1, 0.15) is 18.4 Å². The molecule has 1 aromatic carbocycles. The molecule has 0 amide bonds. The highest BCUT2D eigenvalue weighted by Crippen LogP contribution is 2.22. The molecule has 1 fully saturated rings. The van der Waals surface area contributed by atoms with Gasteiger partial charge in [-0.25, -0.2) is 4.39 Å². The fraction of sp³-hybridized carbons (Fsp3) is 0.571. The number of nitrogens with one attached hydrogen (secondary N) is 1. The summed E-state index contributed by atoms with van der Waals surface area (Å²) in [7, 11) is 1.98. The smallest absolute Gasteiger partial charge is 0.137 e. The summed E-state index contributed by atoms with van der Waals surface area (Å²) in [6.07, 6.45) is 3.24. The zero-order chi connectivity index (χ0) is 13.0. The molecule has 2 nitrogen and oxygen atoms in total. The van der Waals surface area contributed by atoms with Crippen LogP contribution in [0, 0.1) is 11.7 Å². The Morgan fingerprint density at radius 1 is 1.56 bits per heavy atom. The first kappa shape index (κ1) is 14.0. The van der Waals surface area contributed by atoms with Gasteiger partial charge in [0.15, 0.2) is 0 Å². The van der Waals surface area contributed by atoms with Crippen molar-refractivity contribution in [3.05, 3.63) is 34.1 Å². The maximum Gasteiger partial charge on any atom is 0.137 e. The highest BCUT2D eigenvalue weighted by molar-refractivity contribution is 9.10. The van der Waals surface area contributed by atoms with Crippen molar-refractivity contribution >= 4 is 15.9 Å². The highest BCUT2D eigenvalue weighted by atomic mass is 79.9. The molecule has 2 unspecified atom stereocenters. The van der Waals surface area contributed by atoms with Crippen LogP contribution in [0.3, 0.4) is 0 Å². The van der Waals surface area contributed by atoms with Gasteiger partial charge in [-0.2, -0.15) is 0 Å². The third kappa shape index (κ3) is 3.53. The van der Waals surface area contributed by atoms with Gasteiger partial charge in [-0.05, 0) is 65.9 Å². The van der Waals surface area contributed by atoms with Crippen LogP contribution in [0.25, 0.3) is 0 Å². The summed E-state index contributed by atoms with van der Waals surface area (Å²) >= 11 is 3.23. The van der Waals surface area contributed by atoms with Gasteiger partial charge in [0.1, 0.15) is 5.82 Å². The lowest BCUT2D eigenvalue weighted by Crippen LogP contribution is -2.39. The van der Waals surface area contributed by atoms with Crippen molar-refractivity contribution in [3.63, 3.8) is 0 Å². The van der Waals surface area contributed by atoms with Crippen molar-refractivity contribution in [2.24, 2.45) is 5.92 Å². The quantitative estimate of drug-likeness (QED) is 0.921. The van der Waals surface area contributed by atoms with E-state index in [1.165, 1.54) is 12.5 Å². The predicted octanol–water partition coefficient (Wildman–Crippen LogP) is 3.15. The predicted molar refractivity (Wildman–Crippen MR) is 74.2 cm³/mol. The first-order valence-corrected chi connectivity index (χ1v) is 7.19. The van der Waals surface area contributed by atoms with Crippen LogP contribution < -0.4 is 5.32 Å². The second-order valence-electron chi connectivity index (χ2n) is 4.82. The number of rotatable bonds is 4. The molecule has 0 saturated carbocycles. The van der Waals surface area contributed by atoms with Crippen LogP contribution in [0.4, 0.5) is 4.39 Å². The molecule has 0 spiro atoms. The largest absolute Gasteiger partial charge is 0.381 e. The van der Waals surface area contributed by atoms with Gasteiger partial charge in [-0.15, -0.1) is 0 Å². The van der Waals surface area contributed by atoms with E-state index >= 15 is 0 Å². The maximum absolute atomic E-state index is 13.2. The van der Waals surface area contributed by atoms with Crippen molar-refractivity contribution in [3.8, 4) is 0 Å². The van der Waals surface area contributed by atoms with Crippen LogP contribution in [0.2, 0.25) is 0 Å². The number of halogens is 2. The molecule has 0 bridgehead atoms. The van der Waals surface area contributed by atoms with Gasteiger partial charge in [0.05, 0.1) is 11.1 Å². The fourth-order valence-electron chi connectivity index (χ4n) is 2.51. The third-order valence-corrected chi connectivity index (χ3v) is 4.18. The number of likely N-dealkylation sites (N-methyl/N-ethyl adjacent to an activating group) is 1. The molecule has 2 rings (SSSR count). The van der Waals surface area contributed by atoms with Crippen molar-refractivity contribution < 1.29 is 9.13 Å². The lowest BCUT2D eigenvalue weighted by atomic mass is 9.89. The average molecular weight is 316 g/mol. The Kier molecular flexibility index (Phi) is 5.15. The van der Waals surface area contributed by atoms with E-state index in [1.807, 2.05) is 19.2 Å². The molecule has 1 aliphatic rings. The van der Waals surface area contributed by atoms with Gasteiger partial charge in [-0.1, -0.05) is 6.07 Å². The lowest BCUT2D eigenvalue weighted by Gasteiger charge is -2.30. The molecule has 100 valence electrons. The topological polar surface area (TPSA) is 21.3 Å². The summed E-state index contributed by atoms with van der Waals surface area (Å²) in [6, 6.07) is 5.63. The van der Waals surface area contributed by atoms with Crippen molar-refractivity contribution in [2.45, 2.75) is 25.3 Å². The second-order valence-corrected chi connectivity index (χ2v) is 5.68. The molecule has 1 heterocycles. The molecule has 4 heteroatoms. The minimum atomic E-state index is -0.208. The third-order valence-electron chi connectivity index (χ3n) is 3.57. The summed E-state index contributed by atoms with van der Waals surface area (Å²) in [4.78, 5) is 0. The minimum absolute atomic E-state index is 0.208. The number of hydrogen-bond acceptors (Lipinski definition) is 2. The van der Waals surface area contributed by atoms with Gasteiger partial charge < -0.3 is 10.1 Å². The molecule has 1 aromatic rings. The van der Waals surface area contributed by atoms with E-state index in [2.05, 4.69) is 21.2 Å². The second kappa shape index (κ2) is 6.64. The van der Waals surface area contributed by atoms with E-state index in [0.29, 0.717) is 16.4 Å². The van der Waals surface area contributed by atoms with Gasteiger partial charge in [-0.3, -0.25) is 0 Å². The van der Waals surface area contributed by atoms with Gasteiger partial charge in [0, 0.05) is 12.6 Å². The van der Waals surface area contributed by atoms with Gasteiger partial charge in [0.2, 0.25) is 0 Å². The maximum atomic E-state index is 13.2. The van der Waals surface area contributed by atoms with E-state index in [9.17, 15) is 4.39 Å². The fourth-order valence-corrected chi connectivity index (χ4v) is 2.93. The first-order chi connectivity index (χ1) is 8.70. The van der Waals surface area contributed by atoms with Crippen LogP contribution in [0.5, 0.6) is 0 Å². The molecule has 0 radical (unpaired) electrons. The Morgan fingerprint density at radius 3 is 3.00 bits per heavy atom. The Balaban J connectivity index is 2.02. The van der Waals surface area contributed by atoms with E-state index in [1.54, 1.807) is 0 Å². The van der Waals surface area contributed by atoms with Crippen LogP contribution in [-0.4, -0.2) is 26.3 Å². The van der Waals surface area contributed by atoms with E-state index < -0.39 is 0 Å². The monoisotopic (exact) mass is 315 g/mol. The van der Waals surface area contributed by atoms with Crippen LogP contribution in [0.15, 0.2) is 22.7 Å².